The first kappa shape index (κ1) is 13.6. The predicted molar refractivity (Wildman–Crippen MR) is 83.7 cm³/mol. The number of nitrogens with zero attached hydrogens (tertiary/aromatic N) is 2. The van der Waals surface area contributed by atoms with Crippen LogP contribution in [0.1, 0.15) is 21.9 Å². The molecule has 1 aliphatic heterocycles. The standard InChI is InChI=1S/C17H15N3O3/c1-11-19-16(13-4-2-3-7-20(11)13)17(21)18-9-12-5-6-14-15(8-12)23-10-22-14/h2-8H,9-10H2,1H3,(H,18,21). The zero-order valence-corrected chi connectivity index (χ0v) is 12.6. The van der Waals surface area contributed by atoms with Crippen molar-refractivity contribution in [2.75, 3.05) is 6.79 Å². The van der Waals surface area contributed by atoms with Crippen LogP contribution in [0.4, 0.5) is 0 Å². The summed E-state index contributed by atoms with van der Waals surface area (Å²) >= 11 is 0. The Kier molecular flexibility index (Phi) is 3.15. The molecule has 6 nitrogen and oxygen atoms in total. The molecule has 4 rings (SSSR count). The van der Waals surface area contributed by atoms with Gasteiger partial charge in [-0.05, 0) is 36.8 Å². The van der Waals surface area contributed by atoms with Gasteiger partial charge >= 0.3 is 0 Å². The van der Waals surface area contributed by atoms with E-state index in [1.165, 1.54) is 0 Å². The molecule has 6 heteroatoms. The summed E-state index contributed by atoms with van der Waals surface area (Å²) in [6.07, 6.45) is 1.90. The number of pyridine rings is 1. The van der Waals surface area contributed by atoms with Crippen LogP contribution in [0.15, 0.2) is 42.6 Å². The lowest BCUT2D eigenvalue weighted by Crippen LogP contribution is -2.23. The summed E-state index contributed by atoms with van der Waals surface area (Å²) in [6, 6.07) is 11.3. The fourth-order valence-electron chi connectivity index (χ4n) is 2.68. The number of carbonyl (C=O) groups excluding carboxylic acids is 1. The zero-order valence-electron chi connectivity index (χ0n) is 12.6. The van der Waals surface area contributed by atoms with Crippen molar-refractivity contribution < 1.29 is 14.3 Å². The molecule has 23 heavy (non-hydrogen) atoms. The first-order valence-electron chi connectivity index (χ1n) is 7.33. The van der Waals surface area contributed by atoms with E-state index in [0.717, 1.165) is 22.7 Å². The van der Waals surface area contributed by atoms with Crippen LogP contribution in [-0.2, 0) is 6.54 Å². The minimum absolute atomic E-state index is 0.195. The minimum Gasteiger partial charge on any atom is -0.454 e. The quantitative estimate of drug-likeness (QED) is 0.806. The highest BCUT2D eigenvalue weighted by Gasteiger charge is 2.16. The van der Waals surface area contributed by atoms with Gasteiger partial charge in [-0.25, -0.2) is 4.98 Å². The Morgan fingerprint density at radius 3 is 3.04 bits per heavy atom. The average molecular weight is 309 g/mol. The molecule has 0 bridgehead atoms. The number of rotatable bonds is 3. The highest BCUT2D eigenvalue weighted by molar-refractivity contribution is 5.99. The average Bonchev–Trinajstić information content (AvgIpc) is 3.17. The number of aryl methyl sites for hydroxylation is 1. The number of hydrogen-bond donors (Lipinski definition) is 1. The molecule has 0 radical (unpaired) electrons. The molecule has 1 aliphatic rings. The van der Waals surface area contributed by atoms with Gasteiger partial charge in [0, 0.05) is 12.7 Å². The van der Waals surface area contributed by atoms with E-state index in [9.17, 15) is 4.79 Å². The number of amides is 1. The zero-order chi connectivity index (χ0) is 15.8. The van der Waals surface area contributed by atoms with E-state index in [2.05, 4.69) is 10.3 Å². The van der Waals surface area contributed by atoms with Crippen molar-refractivity contribution in [3.63, 3.8) is 0 Å². The summed E-state index contributed by atoms with van der Waals surface area (Å²) in [5.41, 5.74) is 2.18. The van der Waals surface area contributed by atoms with Gasteiger partial charge in [0.1, 0.15) is 5.82 Å². The van der Waals surface area contributed by atoms with E-state index in [0.29, 0.717) is 18.0 Å². The topological polar surface area (TPSA) is 64.9 Å². The van der Waals surface area contributed by atoms with Crippen LogP contribution in [0.25, 0.3) is 5.52 Å². The number of benzene rings is 1. The molecule has 1 N–H and O–H groups in total. The Morgan fingerprint density at radius 1 is 1.26 bits per heavy atom. The summed E-state index contributed by atoms with van der Waals surface area (Å²) in [7, 11) is 0. The summed E-state index contributed by atoms with van der Waals surface area (Å²) in [5.74, 6) is 2.03. The van der Waals surface area contributed by atoms with Crippen molar-refractivity contribution in [3.05, 3.63) is 59.7 Å². The molecule has 116 valence electrons. The van der Waals surface area contributed by atoms with Gasteiger partial charge in [0.05, 0.1) is 5.52 Å². The van der Waals surface area contributed by atoms with Gasteiger partial charge in [0.2, 0.25) is 6.79 Å². The van der Waals surface area contributed by atoms with Crippen LogP contribution < -0.4 is 14.8 Å². The first-order valence-corrected chi connectivity index (χ1v) is 7.33. The van der Waals surface area contributed by atoms with Crippen LogP contribution >= 0.6 is 0 Å². The van der Waals surface area contributed by atoms with Gasteiger partial charge in [-0.15, -0.1) is 0 Å². The van der Waals surface area contributed by atoms with Crippen molar-refractivity contribution in [2.45, 2.75) is 13.5 Å². The van der Waals surface area contributed by atoms with Crippen LogP contribution in [0.5, 0.6) is 11.5 Å². The third-order valence-corrected chi connectivity index (χ3v) is 3.83. The van der Waals surface area contributed by atoms with Gasteiger partial charge in [-0.3, -0.25) is 4.79 Å². The predicted octanol–water partition coefficient (Wildman–Crippen LogP) is 2.30. The Labute approximate surface area is 132 Å². The molecular weight excluding hydrogens is 294 g/mol. The van der Waals surface area contributed by atoms with Crippen molar-refractivity contribution >= 4 is 11.4 Å². The Bertz CT molecular complexity index is 901. The molecular formula is C17H15N3O3. The summed E-state index contributed by atoms with van der Waals surface area (Å²) in [5, 5.41) is 2.90. The summed E-state index contributed by atoms with van der Waals surface area (Å²) in [4.78, 5) is 16.8. The fourth-order valence-corrected chi connectivity index (χ4v) is 2.68. The molecule has 3 heterocycles. The third kappa shape index (κ3) is 2.38. The molecule has 2 aromatic heterocycles. The van der Waals surface area contributed by atoms with E-state index in [-0.39, 0.29) is 12.7 Å². The molecule has 0 aliphatic carbocycles. The van der Waals surface area contributed by atoms with Crippen LogP contribution in [0.2, 0.25) is 0 Å². The number of hydrogen-bond acceptors (Lipinski definition) is 4. The van der Waals surface area contributed by atoms with Gasteiger partial charge in [-0.2, -0.15) is 0 Å². The minimum atomic E-state index is -0.195. The van der Waals surface area contributed by atoms with Gasteiger partial charge in [0.15, 0.2) is 17.2 Å². The fraction of sp³-hybridized carbons (Fsp3) is 0.176. The molecule has 3 aromatic rings. The molecule has 1 amide bonds. The first-order chi connectivity index (χ1) is 11.2. The second-order valence-corrected chi connectivity index (χ2v) is 5.33. The van der Waals surface area contributed by atoms with Gasteiger partial charge in [-0.1, -0.05) is 12.1 Å². The Morgan fingerprint density at radius 2 is 2.13 bits per heavy atom. The maximum atomic E-state index is 12.4. The third-order valence-electron chi connectivity index (χ3n) is 3.83. The smallest absolute Gasteiger partial charge is 0.272 e. The van der Waals surface area contributed by atoms with E-state index in [4.69, 9.17) is 9.47 Å². The second kappa shape index (κ2) is 5.31. The number of fused-ring (bicyclic) bond motifs is 2. The van der Waals surface area contributed by atoms with Crippen molar-refractivity contribution in [1.82, 2.24) is 14.7 Å². The highest BCUT2D eigenvalue weighted by atomic mass is 16.7. The van der Waals surface area contributed by atoms with Crippen LogP contribution in [0, 0.1) is 6.92 Å². The largest absolute Gasteiger partial charge is 0.454 e. The number of carbonyl (C=O) groups is 1. The Balaban J connectivity index is 1.53. The molecule has 0 fully saturated rings. The SMILES string of the molecule is Cc1nc(C(=O)NCc2ccc3c(c2)OCO3)c2ccccn12. The lowest BCUT2D eigenvalue weighted by Gasteiger charge is -2.05. The normalized spacial score (nSPS) is 12.6. The lowest BCUT2D eigenvalue weighted by molar-refractivity contribution is 0.0948. The van der Waals surface area contributed by atoms with E-state index >= 15 is 0 Å². The Hall–Kier alpha value is -3.02. The van der Waals surface area contributed by atoms with Crippen molar-refractivity contribution in [3.8, 4) is 11.5 Å². The van der Waals surface area contributed by atoms with E-state index < -0.39 is 0 Å². The lowest BCUT2D eigenvalue weighted by atomic mass is 10.2. The maximum absolute atomic E-state index is 12.4. The van der Waals surface area contributed by atoms with Gasteiger partial charge in [0.25, 0.3) is 5.91 Å². The number of aromatic nitrogens is 2. The van der Waals surface area contributed by atoms with E-state index in [1.807, 2.05) is 53.9 Å². The number of nitrogens with one attached hydrogen (secondary N) is 1. The maximum Gasteiger partial charge on any atom is 0.272 e. The van der Waals surface area contributed by atoms with E-state index in [1.54, 1.807) is 0 Å². The van der Waals surface area contributed by atoms with Crippen LogP contribution in [0.3, 0.4) is 0 Å². The molecule has 0 atom stereocenters. The number of imidazole rings is 1. The van der Waals surface area contributed by atoms with Crippen LogP contribution in [-0.4, -0.2) is 22.1 Å². The summed E-state index contributed by atoms with van der Waals surface area (Å²) < 4.78 is 12.5. The molecule has 0 unspecified atom stereocenters. The molecule has 1 aromatic carbocycles. The monoisotopic (exact) mass is 309 g/mol. The second-order valence-electron chi connectivity index (χ2n) is 5.33. The number of ether oxygens (including phenoxy) is 2. The molecule has 0 saturated carbocycles. The van der Waals surface area contributed by atoms with Crippen molar-refractivity contribution in [1.29, 1.82) is 0 Å². The molecule has 0 saturated heterocycles. The van der Waals surface area contributed by atoms with Gasteiger partial charge < -0.3 is 19.2 Å². The molecule has 0 spiro atoms. The summed E-state index contributed by atoms with van der Waals surface area (Å²) in [6.45, 7) is 2.52. The van der Waals surface area contributed by atoms with Crippen molar-refractivity contribution in [2.24, 2.45) is 0 Å². The highest BCUT2D eigenvalue weighted by Crippen LogP contribution is 2.32.